The van der Waals surface area contributed by atoms with Gasteiger partial charge in [-0.1, -0.05) is 41.9 Å². The first kappa shape index (κ1) is 23.9. The van der Waals surface area contributed by atoms with Crippen molar-refractivity contribution in [3.05, 3.63) is 88.4 Å². The van der Waals surface area contributed by atoms with Crippen LogP contribution in [0, 0.1) is 0 Å². The minimum atomic E-state index is -1.42. The molecule has 0 aromatic heterocycles. The van der Waals surface area contributed by atoms with Crippen LogP contribution in [0.25, 0.3) is 0 Å². The topological polar surface area (TPSA) is 76.1 Å². The summed E-state index contributed by atoms with van der Waals surface area (Å²) in [6.07, 6.45) is -1.06. The maximum Gasteiger partial charge on any atom is 0.311 e. The van der Waals surface area contributed by atoms with Gasteiger partial charge in [0.1, 0.15) is 23.4 Å². The summed E-state index contributed by atoms with van der Waals surface area (Å²) in [6.45, 7) is -0.0223. The van der Waals surface area contributed by atoms with Crippen LogP contribution >= 0.6 is 23.4 Å². The van der Waals surface area contributed by atoms with Gasteiger partial charge in [0.25, 0.3) is 5.91 Å². The second-order valence-corrected chi connectivity index (χ2v) is 8.52. The van der Waals surface area contributed by atoms with Gasteiger partial charge in [0.2, 0.25) is 0 Å². The third kappa shape index (κ3) is 5.26. The first-order valence-corrected chi connectivity index (χ1v) is 11.2. The highest BCUT2D eigenvalue weighted by molar-refractivity contribution is 6.32. The zero-order valence-electron chi connectivity index (χ0n) is 17.8. The van der Waals surface area contributed by atoms with Crippen molar-refractivity contribution in [3.63, 3.8) is 0 Å². The van der Waals surface area contributed by atoms with Crippen LogP contribution < -0.4 is 9.47 Å². The number of benzene rings is 3. The van der Waals surface area contributed by atoms with Crippen molar-refractivity contribution in [2.24, 2.45) is 0 Å². The summed E-state index contributed by atoms with van der Waals surface area (Å²) >= 11 is 12.4. The van der Waals surface area contributed by atoms with Gasteiger partial charge in [0.15, 0.2) is 0 Å². The lowest BCUT2D eigenvalue weighted by Gasteiger charge is -2.24. The molecule has 0 fully saturated rings. The highest BCUT2D eigenvalue weighted by Crippen LogP contribution is 2.41. The molecule has 1 heterocycles. The first-order valence-electron chi connectivity index (χ1n) is 10.5. The SMILES string of the molecule is O=C(O)C1CCOc2cc(Oc3ccc(C(=O)N(Cl)CC(F)c4ccccc4)cc3)c(Cl)cc21. The fourth-order valence-electron chi connectivity index (χ4n) is 3.65. The summed E-state index contributed by atoms with van der Waals surface area (Å²) in [7, 11) is 0. The molecule has 2 atom stereocenters. The number of ether oxygens (including phenoxy) is 2. The molecule has 3 aromatic rings. The van der Waals surface area contributed by atoms with Gasteiger partial charge in [0, 0.05) is 29.0 Å². The summed E-state index contributed by atoms with van der Waals surface area (Å²) < 4.78 is 26.6. The normalized spacial score (nSPS) is 15.6. The van der Waals surface area contributed by atoms with Gasteiger partial charge in [-0.05, 0) is 42.3 Å². The van der Waals surface area contributed by atoms with Crippen LogP contribution in [0.4, 0.5) is 4.39 Å². The third-order valence-electron chi connectivity index (χ3n) is 5.43. The summed E-state index contributed by atoms with van der Waals surface area (Å²) in [6, 6.07) is 17.7. The highest BCUT2D eigenvalue weighted by atomic mass is 35.5. The Labute approximate surface area is 205 Å². The van der Waals surface area contributed by atoms with Gasteiger partial charge < -0.3 is 14.6 Å². The number of rotatable bonds is 7. The second-order valence-electron chi connectivity index (χ2n) is 7.70. The molecule has 1 amide bonds. The van der Waals surface area contributed by atoms with Crippen LogP contribution in [0.5, 0.6) is 17.2 Å². The maximum absolute atomic E-state index is 14.4. The molecule has 0 aliphatic carbocycles. The van der Waals surface area contributed by atoms with E-state index in [-0.39, 0.29) is 29.5 Å². The lowest BCUT2D eigenvalue weighted by Crippen LogP contribution is -2.25. The smallest absolute Gasteiger partial charge is 0.311 e. The third-order valence-corrected chi connectivity index (χ3v) is 6.02. The molecule has 0 saturated carbocycles. The number of alkyl halides is 1. The van der Waals surface area contributed by atoms with Crippen molar-refractivity contribution in [3.8, 4) is 17.2 Å². The van der Waals surface area contributed by atoms with E-state index in [4.69, 9.17) is 32.9 Å². The summed E-state index contributed by atoms with van der Waals surface area (Å²) in [4.78, 5) is 24.1. The Balaban J connectivity index is 1.44. The number of hydrogen-bond acceptors (Lipinski definition) is 4. The van der Waals surface area contributed by atoms with E-state index < -0.39 is 24.0 Å². The molecule has 1 aliphatic heterocycles. The van der Waals surface area contributed by atoms with E-state index >= 15 is 0 Å². The highest BCUT2D eigenvalue weighted by Gasteiger charge is 2.29. The number of fused-ring (bicyclic) bond motifs is 1. The Hall–Kier alpha value is -3.29. The maximum atomic E-state index is 14.4. The zero-order valence-corrected chi connectivity index (χ0v) is 19.3. The lowest BCUT2D eigenvalue weighted by molar-refractivity contribution is -0.139. The summed E-state index contributed by atoms with van der Waals surface area (Å²) in [5.41, 5.74) is 1.19. The Morgan fingerprint density at radius 2 is 1.85 bits per heavy atom. The van der Waals surface area contributed by atoms with Gasteiger partial charge in [-0.15, -0.1) is 0 Å². The molecule has 0 bridgehead atoms. The summed E-state index contributed by atoms with van der Waals surface area (Å²) in [5, 5.41) is 9.64. The second kappa shape index (κ2) is 10.3. The molecule has 1 N–H and O–H groups in total. The number of amides is 1. The minimum Gasteiger partial charge on any atom is -0.493 e. The van der Waals surface area contributed by atoms with Gasteiger partial charge in [-0.2, -0.15) is 0 Å². The molecule has 34 heavy (non-hydrogen) atoms. The van der Waals surface area contributed by atoms with E-state index in [1.165, 1.54) is 18.2 Å². The number of carbonyl (C=O) groups is 2. The van der Waals surface area contributed by atoms with Crippen molar-refractivity contribution in [2.75, 3.05) is 13.2 Å². The van der Waals surface area contributed by atoms with E-state index in [0.717, 1.165) is 4.42 Å². The van der Waals surface area contributed by atoms with E-state index in [0.29, 0.717) is 29.0 Å². The number of hydrogen-bond donors (Lipinski definition) is 1. The molecule has 6 nitrogen and oxygen atoms in total. The van der Waals surface area contributed by atoms with Crippen molar-refractivity contribution in [2.45, 2.75) is 18.5 Å². The van der Waals surface area contributed by atoms with Crippen LogP contribution in [0.1, 0.15) is 40.0 Å². The Morgan fingerprint density at radius 1 is 1.15 bits per heavy atom. The van der Waals surface area contributed by atoms with Crippen LogP contribution in [0.2, 0.25) is 5.02 Å². The van der Waals surface area contributed by atoms with Crippen molar-refractivity contribution >= 4 is 35.3 Å². The molecular formula is C25H20Cl2FNO5. The minimum absolute atomic E-state index is 0.234. The monoisotopic (exact) mass is 503 g/mol. The van der Waals surface area contributed by atoms with E-state index in [1.807, 2.05) is 0 Å². The van der Waals surface area contributed by atoms with E-state index in [9.17, 15) is 19.1 Å². The van der Waals surface area contributed by atoms with Crippen LogP contribution in [-0.4, -0.2) is 34.6 Å². The average molecular weight is 504 g/mol. The number of nitrogens with zero attached hydrogens (tertiary/aromatic N) is 1. The Kier molecular flexibility index (Phi) is 7.24. The van der Waals surface area contributed by atoms with Crippen LogP contribution in [0.3, 0.4) is 0 Å². The van der Waals surface area contributed by atoms with E-state index in [2.05, 4.69) is 0 Å². The largest absolute Gasteiger partial charge is 0.493 e. The predicted octanol–water partition coefficient (Wildman–Crippen LogP) is 6.39. The molecule has 0 radical (unpaired) electrons. The number of carboxylic acids is 1. The summed E-state index contributed by atoms with van der Waals surface area (Å²) in [5.74, 6) is -1.10. The molecule has 4 rings (SSSR count). The number of carboxylic acid groups (broad SMARTS) is 1. The van der Waals surface area contributed by atoms with Crippen LogP contribution in [0.15, 0.2) is 66.7 Å². The van der Waals surface area contributed by atoms with Crippen molar-refractivity contribution in [1.82, 2.24) is 4.42 Å². The molecule has 176 valence electrons. The molecule has 0 saturated heterocycles. The number of halogens is 3. The standard InChI is InChI=1S/C25H20Cl2FNO5/c26-20-12-19-18(25(31)32)10-11-33-22(19)13-23(20)34-17-8-6-16(7-9-17)24(30)29(27)14-21(28)15-4-2-1-3-5-15/h1-9,12-13,18,21H,10-11,14H2,(H,31,32). The number of carbonyl (C=O) groups excluding carboxylic acids is 1. The fourth-order valence-corrected chi connectivity index (χ4v) is 4.08. The van der Waals surface area contributed by atoms with Crippen molar-refractivity contribution in [1.29, 1.82) is 0 Å². The molecule has 0 spiro atoms. The molecule has 9 heteroatoms. The Morgan fingerprint density at radius 3 is 2.53 bits per heavy atom. The predicted molar refractivity (Wildman–Crippen MR) is 126 cm³/mol. The molecular weight excluding hydrogens is 484 g/mol. The van der Waals surface area contributed by atoms with Crippen molar-refractivity contribution < 1.29 is 28.6 Å². The van der Waals surface area contributed by atoms with Gasteiger partial charge in [-0.25, -0.2) is 8.81 Å². The van der Waals surface area contributed by atoms with E-state index in [1.54, 1.807) is 48.5 Å². The molecule has 1 aliphatic rings. The van der Waals surface area contributed by atoms with Gasteiger partial charge in [0.05, 0.1) is 24.1 Å². The quantitative estimate of drug-likeness (QED) is 0.378. The number of aliphatic carboxylic acids is 1. The Bertz CT molecular complexity index is 1190. The van der Waals surface area contributed by atoms with Crippen LogP contribution in [-0.2, 0) is 4.79 Å². The average Bonchev–Trinajstić information content (AvgIpc) is 2.84. The lowest BCUT2D eigenvalue weighted by atomic mass is 9.93. The van der Waals surface area contributed by atoms with Gasteiger partial charge >= 0.3 is 5.97 Å². The molecule has 2 unspecified atom stereocenters. The van der Waals surface area contributed by atoms with Gasteiger partial charge in [-0.3, -0.25) is 9.59 Å². The zero-order chi connectivity index (χ0) is 24.2. The molecule has 3 aromatic carbocycles. The first-order chi connectivity index (χ1) is 16.3. The fraction of sp³-hybridized carbons (Fsp3) is 0.200.